The van der Waals surface area contributed by atoms with E-state index in [2.05, 4.69) is 0 Å². The Bertz CT molecular complexity index is 451. The van der Waals surface area contributed by atoms with Crippen molar-refractivity contribution >= 4 is 5.78 Å². The van der Waals surface area contributed by atoms with Gasteiger partial charge in [0.2, 0.25) is 0 Å². The predicted molar refractivity (Wildman–Crippen MR) is 60.7 cm³/mol. The maximum absolute atomic E-state index is 12.5. The van der Waals surface area contributed by atoms with Crippen molar-refractivity contribution in [2.24, 2.45) is 0 Å². The highest BCUT2D eigenvalue weighted by Crippen LogP contribution is 2.29. The molecular formula is C13H13F3O3. The molecule has 0 atom stereocenters. The normalized spacial score (nSPS) is 16.8. The highest BCUT2D eigenvalue weighted by Gasteiger charge is 2.30. The zero-order chi connectivity index (χ0) is 13.9. The summed E-state index contributed by atoms with van der Waals surface area (Å²) in [5.41, 5.74) is -0.750. The molecule has 1 saturated heterocycles. The second kappa shape index (κ2) is 5.71. The van der Waals surface area contributed by atoms with Crippen LogP contribution in [0.15, 0.2) is 24.3 Å². The summed E-state index contributed by atoms with van der Waals surface area (Å²) >= 11 is 0. The Morgan fingerprint density at radius 1 is 1.26 bits per heavy atom. The molecule has 6 heteroatoms. The van der Waals surface area contributed by atoms with E-state index in [9.17, 15) is 18.0 Å². The van der Waals surface area contributed by atoms with Crippen LogP contribution in [0.25, 0.3) is 0 Å². The van der Waals surface area contributed by atoms with Crippen LogP contribution in [0.2, 0.25) is 0 Å². The average Bonchev–Trinajstić information content (AvgIpc) is 2.88. The molecule has 0 radical (unpaired) electrons. The molecular weight excluding hydrogens is 261 g/mol. The Kier molecular flexibility index (Phi) is 4.21. The van der Waals surface area contributed by atoms with Gasteiger partial charge in [0, 0.05) is 18.4 Å². The molecule has 2 rings (SSSR count). The number of rotatable bonds is 4. The molecule has 0 aliphatic carbocycles. The Morgan fingerprint density at radius 2 is 1.95 bits per heavy atom. The third kappa shape index (κ3) is 3.78. The Hall–Kier alpha value is -1.40. The maximum Gasteiger partial charge on any atom is 0.416 e. The zero-order valence-electron chi connectivity index (χ0n) is 10.1. The third-order valence-electron chi connectivity index (χ3n) is 2.81. The number of carbonyl (C=O) groups is 1. The molecule has 1 aliphatic heterocycles. The lowest BCUT2D eigenvalue weighted by molar-refractivity contribution is -0.137. The number of benzene rings is 1. The standard InChI is InChI=1S/C13H13F3O3/c14-13(15,16)10-3-1-2-9(8-10)11(17)4-5-12-18-6-7-19-12/h1-3,8,12H,4-7H2. The molecule has 1 aliphatic rings. The second-order valence-corrected chi connectivity index (χ2v) is 4.21. The SMILES string of the molecule is O=C(CCC1OCCO1)c1cccc(C(F)(F)F)c1. The molecule has 0 unspecified atom stereocenters. The summed E-state index contributed by atoms with van der Waals surface area (Å²) in [4.78, 5) is 11.8. The highest BCUT2D eigenvalue weighted by atomic mass is 19.4. The first kappa shape index (κ1) is 14.0. The molecule has 19 heavy (non-hydrogen) atoms. The van der Waals surface area contributed by atoms with Gasteiger partial charge < -0.3 is 9.47 Å². The van der Waals surface area contributed by atoms with Crippen molar-refractivity contribution in [1.29, 1.82) is 0 Å². The quantitative estimate of drug-likeness (QED) is 0.792. The van der Waals surface area contributed by atoms with E-state index in [0.717, 1.165) is 12.1 Å². The number of halogens is 3. The summed E-state index contributed by atoms with van der Waals surface area (Å²) in [6.07, 6.45) is -4.40. The largest absolute Gasteiger partial charge is 0.416 e. The molecule has 1 fully saturated rings. The summed E-state index contributed by atoms with van der Waals surface area (Å²) in [5.74, 6) is -0.342. The molecule has 104 valence electrons. The minimum atomic E-state index is -4.44. The summed E-state index contributed by atoms with van der Waals surface area (Å²) in [5, 5.41) is 0. The van der Waals surface area contributed by atoms with Crippen molar-refractivity contribution in [3.05, 3.63) is 35.4 Å². The van der Waals surface area contributed by atoms with Crippen LogP contribution < -0.4 is 0 Å². The third-order valence-corrected chi connectivity index (χ3v) is 2.81. The first-order chi connectivity index (χ1) is 8.97. The van der Waals surface area contributed by atoms with Gasteiger partial charge in [0.05, 0.1) is 18.8 Å². The van der Waals surface area contributed by atoms with Crippen LogP contribution in [0.4, 0.5) is 13.2 Å². The van der Waals surface area contributed by atoms with Gasteiger partial charge in [-0.3, -0.25) is 4.79 Å². The lowest BCUT2D eigenvalue weighted by Crippen LogP contribution is -2.12. The zero-order valence-corrected chi connectivity index (χ0v) is 10.1. The van der Waals surface area contributed by atoms with E-state index < -0.39 is 18.0 Å². The predicted octanol–water partition coefficient (Wildman–Crippen LogP) is 3.04. The molecule has 0 aromatic heterocycles. The molecule has 1 aromatic carbocycles. The van der Waals surface area contributed by atoms with E-state index >= 15 is 0 Å². The molecule has 0 N–H and O–H groups in total. The van der Waals surface area contributed by atoms with E-state index in [1.807, 2.05) is 0 Å². The van der Waals surface area contributed by atoms with Crippen molar-refractivity contribution < 1.29 is 27.4 Å². The van der Waals surface area contributed by atoms with Crippen molar-refractivity contribution in [3.8, 4) is 0 Å². The van der Waals surface area contributed by atoms with Crippen LogP contribution in [0.5, 0.6) is 0 Å². The van der Waals surface area contributed by atoms with E-state index in [1.54, 1.807) is 0 Å². The second-order valence-electron chi connectivity index (χ2n) is 4.21. The summed E-state index contributed by atoms with van der Waals surface area (Å²) in [7, 11) is 0. The molecule has 0 spiro atoms. The van der Waals surface area contributed by atoms with E-state index in [-0.39, 0.29) is 17.8 Å². The van der Waals surface area contributed by atoms with E-state index in [0.29, 0.717) is 19.6 Å². The summed E-state index contributed by atoms with van der Waals surface area (Å²) < 4.78 is 47.9. The molecule has 1 heterocycles. The van der Waals surface area contributed by atoms with Crippen molar-refractivity contribution in [1.82, 2.24) is 0 Å². The van der Waals surface area contributed by atoms with Gasteiger partial charge in [0.25, 0.3) is 0 Å². The van der Waals surface area contributed by atoms with Crippen LogP contribution >= 0.6 is 0 Å². The molecule has 1 aromatic rings. The number of hydrogen-bond donors (Lipinski definition) is 0. The fourth-order valence-corrected chi connectivity index (χ4v) is 1.84. The van der Waals surface area contributed by atoms with Crippen LogP contribution in [0.3, 0.4) is 0 Å². The van der Waals surface area contributed by atoms with E-state index in [1.165, 1.54) is 12.1 Å². The molecule has 0 saturated carbocycles. The van der Waals surface area contributed by atoms with Gasteiger partial charge in [0.15, 0.2) is 12.1 Å². The van der Waals surface area contributed by atoms with Gasteiger partial charge in [-0.25, -0.2) is 0 Å². The fraction of sp³-hybridized carbons (Fsp3) is 0.462. The number of ether oxygens (including phenoxy) is 2. The van der Waals surface area contributed by atoms with Crippen LogP contribution in [0, 0.1) is 0 Å². The minimum Gasteiger partial charge on any atom is -0.350 e. The Balaban J connectivity index is 1.98. The fourth-order valence-electron chi connectivity index (χ4n) is 1.84. The van der Waals surface area contributed by atoms with Gasteiger partial charge in [0.1, 0.15) is 0 Å². The number of ketones is 1. The topological polar surface area (TPSA) is 35.5 Å². The average molecular weight is 274 g/mol. The summed E-state index contributed by atoms with van der Waals surface area (Å²) in [6, 6.07) is 4.44. The van der Waals surface area contributed by atoms with Gasteiger partial charge in [-0.2, -0.15) is 13.2 Å². The first-order valence-electron chi connectivity index (χ1n) is 5.90. The van der Waals surface area contributed by atoms with Gasteiger partial charge in [-0.1, -0.05) is 12.1 Å². The molecule has 0 bridgehead atoms. The van der Waals surface area contributed by atoms with E-state index in [4.69, 9.17) is 9.47 Å². The highest BCUT2D eigenvalue weighted by molar-refractivity contribution is 5.96. The van der Waals surface area contributed by atoms with Crippen molar-refractivity contribution in [2.75, 3.05) is 13.2 Å². The first-order valence-corrected chi connectivity index (χ1v) is 5.90. The van der Waals surface area contributed by atoms with Crippen molar-refractivity contribution in [3.63, 3.8) is 0 Å². The lowest BCUT2D eigenvalue weighted by Gasteiger charge is -2.10. The number of carbonyl (C=O) groups excluding carboxylic acids is 1. The smallest absolute Gasteiger partial charge is 0.350 e. The van der Waals surface area contributed by atoms with Crippen LogP contribution in [-0.2, 0) is 15.7 Å². The lowest BCUT2D eigenvalue weighted by atomic mass is 10.0. The Labute approximate surface area is 108 Å². The Morgan fingerprint density at radius 3 is 2.58 bits per heavy atom. The minimum absolute atomic E-state index is 0.0628. The van der Waals surface area contributed by atoms with Gasteiger partial charge in [-0.05, 0) is 12.1 Å². The monoisotopic (exact) mass is 274 g/mol. The van der Waals surface area contributed by atoms with Crippen molar-refractivity contribution in [2.45, 2.75) is 25.3 Å². The van der Waals surface area contributed by atoms with Crippen LogP contribution in [0.1, 0.15) is 28.8 Å². The van der Waals surface area contributed by atoms with Gasteiger partial charge in [-0.15, -0.1) is 0 Å². The molecule has 0 amide bonds. The van der Waals surface area contributed by atoms with Crippen LogP contribution in [-0.4, -0.2) is 25.3 Å². The number of hydrogen-bond acceptors (Lipinski definition) is 3. The van der Waals surface area contributed by atoms with Gasteiger partial charge >= 0.3 is 6.18 Å². The molecule has 3 nitrogen and oxygen atoms in total. The number of alkyl halides is 3. The maximum atomic E-state index is 12.5. The number of Topliss-reactive ketones (excluding diaryl/α,β-unsaturated/α-hetero) is 1. The summed E-state index contributed by atoms with van der Waals surface area (Å²) in [6.45, 7) is 0.977.